The van der Waals surface area contributed by atoms with Crippen LogP contribution in [0, 0.1) is 0 Å². The average molecular weight is 201 g/mol. The smallest absolute Gasteiger partial charge is 0.243 e. The molecule has 1 aromatic heterocycles. The molecule has 13 heavy (non-hydrogen) atoms. The lowest BCUT2D eigenvalue weighted by atomic mass is 10.4. The van der Waals surface area contributed by atoms with Crippen molar-refractivity contribution in [3.05, 3.63) is 24.5 Å². The predicted molar refractivity (Wildman–Crippen MR) is 48.6 cm³/mol. The summed E-state index contributed by atoms with van der Waals surface area (Å²) in [6.07, 6.45) is 2.57. The van der Waals surface area contributed by atoms with E-state index in [1.165, 1.54) is 12.4 Å². The largest absolute Gasteiger partial charge is 0.284 e. The van der Waals surface area contributed by atoms with Crippen molar-refractivity contribution < 1.29 is 8.42 Å². The molecule has 0 atom stereocenters. The van der Waals surface area contributed by atoms with E-state index in [0.717, 1.165) is 5.57 Å². The highest BCUT2D eigenvalue weighted by atomic mass is 32.2. The summed E-state index contributed by atoms with van der Waals surface area (Å²) in [6.45, 7) is 5.58. The molecule has 1 rings (SSSR count). The van der Waals surface area contributed by atoms with E-state index in [0.29, 0.717) is 0 Å². The molecule has 0 amide bonds. The minimum absolute atomic E-state index is 0.133. The third-order valence-electron chi connectivity index (χ3n) is 1.35. The quantitative estimate of drug-likeness (QED) is 0.686. The van der Waals surface area contributed by atoms with Gasteiger partial charge in [-0.25, -0.2) is 13.1 Å². The number of nitrogens with zero attached hydrogens (tertiary/aromatic N) is 1. The van der Waals surface area contributed by atoms with E-state index >= 15 is 0 Å². The zero-order valence-electron chi connectivity index (χ0n) is 7.24. The SMILES string of the molecule is C=C(C)CNS(=O)(=O)c1cn[nH]c1. The highest BCUT2D eigenvalue weighted by Crippen LogP contribution is 2.03. The Morgan fingerprint density at radius 2 is 2.46 bits per heavy atom. The molecule has 6 heteroatoms. The lowest BCUT2D eigenvalue weighted by Crippen LogP contribution is -2.24. The first-order valence-corrected chi connectivity index (χ1v) is 5.13. The van der Waals surface area contributed by atoms with Crippen LogP contribution in [0.5, 0.6) is 0 Å². The molecule has 72 valence electrons. The number of aromatic amines is 1. The second-order valence-corrected chi connectivity index (χ2v) is 4.48. The third kappa shape index (κ3) is 2.67. The summed E-state index contributed by atoms with van der Waals surface area (Å²) in [7, 11) is -3.42. The van der Waals surface area contributed by atoms with Gasteiger partial charge in [-0.1, -0.05) is 12.2 Å². The van der Waals surface area contributed by atoms with Crippen LogP contribution in [0.2, 0.25) is 0 Å². The van der Waals surface area contributed by atoms with Crippen LogP contribution < -0.4 is 4.72 Å². The van der Waals surface area contributed by atoms with Crippen molar-refractivity contribution in [3.8, 4) is 0 Å². The first-order valence-electron chi connectivity index (χ1n) is 3.65. The lowest BCUT2D eigenvalue weighted by Gasteiger charge is -2.02. The number of sulfonamides is 1. The Balaban J connectivity index is 2.74. The molecular formula is C7H11N3O2S. The van der Waals surface area contributed by atoms with E-state index in [-0.39, 0.29) is 11.4 Å². The fourth-order valence-corrected chi connectivity index (χ4v) is 1.69. The molecule has 0 unspecified atom stereocenters. The van der Waals surface area contributed by atoms with Gasteiger partial charge in [0, 0.05) is 12.7 Å². The zero-order valence-corrected chi connectivity index (χ0v) is 8.06. The third-order valence-corrected chi connectivity index (χ3v) is 2.72. The van der Waals surface area contributed by atoms with Crippen molar-refractivity contribution in [3.63, 3.8) is 0 Å². The summed E-state index contributed by atoms with van der Waals surface area (Å²) in [5, 5.41) is 5.98. The fraction of sp³-hybridized carbons (Fsp3) is 0.286. The van der Waals surface area contributed by atoms with Crippen molar-refractivity contribution >= 4 is 10.0 Å². The van der Waals surface area contributed by atoms with Gasteiger partial charge >= 0.3 is 0 Å². The molecule has 0 aliphatic carbocycles. The number of hydrogen-bond acceptors (Lipinski definition) is 3. The van der Waals surface area contributed by atoms with Crippen LogP contribution in [0.4, 0.5) is 0 Å². The van der Waals surface area contributed by atoms with Crippen LogP contribution in [0.1, 0.15) is 6.92 Å². The maximum Gasteiger partial charge on any atom is 0.243 e. The number of aromatic nitrogens is 2. The Hall–Kier alpha value is -1.14. The van der Waals surface area contributed by atoms with Crippen LogP contribution in [-0.2, 0) is 10.0 Å². The van der Waals surface area contributed by atoms with E-state index in [2.05, 4.69) is 21.5 Å². The van der Waals surface area contributed by atoms with Gasteiger partial charge in [0.1, 0.15) is 4.90 Å². The molecule has 2 N–H and O–H groups in total. The Morgan fingerprint density at radius 1 is 1.77 bits per heavy atom. The summed E-state index contributed by atoms with van der Waals surface area (Å²) < 4.78 is 25.1. The van der Waals surface area contributed by atoms with Gasteiger partial charge in [-0.2, -0.15) is 5.10 Å². The Bertz CT molecular complexity index is 380. The first-order chi connectivity index (χ1) is 6.02. The van der Waals surface area contributed by atoms with E-state index in [9.17, 15) is 8.42 Å². The minimum atomic E-state index is -3.42. The molecule has 0 saturated carbocycles. The second kappa shape index (κ2) is 3.71. The van der Waals surface area contributed by atoms with Crippen molar-refractivity contribution in [2.24, 2.45) is 0 Å². The Morgan fingerprint density at radius 3 is 2.92 bits per heavy atom. The number of hydrogen-bond donors (Lipinski definition) is 2. The number of H-pyrrole nitrogens is 1. The van der Waals surface area contributed by atoms with Gasteiger partial charge in [0.15, 0.2) is 0 Å². The molecule has 0 radical (unpaired) electrons. The average Bonchev–Trinajstić information content (AvgIpc) is 2.53. The van der Waals surface area contributed by atoms with Crippen molar-refractivity contribution in [2.75, 3.05) is 6.54 Å². The molecule has 0 aromatic carbocycles. The van der Waals surface area contributed by atoms with Crippen LogP contribution in [0.3, 0.4) is 0 Å². The standard InChI is InChI=1S/C7H11N3O2S/c1-6(2)3-10-13(11,12)7-4-8-9-5-7/h4-5,10H,1,3H2,2H3,(H,8,9). The van der Waals surface area contributed by atoms with Gasteiger partial charge in [-0.05, 0) is 6.92 Å². The number of nitrogens with one attached hydrogen (secondary N) is 2. The maximum atomic E-state index is 11.4. The highest BCUT2D eigenvalue weighted by molar-refractivity contribution is 7.89. The first kappa shape index (κ1) is 9.94. The summed E-state index contributed by atoms with van der Waals surface area (Å²) >= 11 is 0. The van der Waals surface area contributed by atoms with Crippen molar-refractivity contribution in [2.45, 2.75) is 11.8 Å². The van der Waals surface area contributed by atoms with Crippen molar-refractivity contribution in [1.82, 2.24) is 14.9 Å². The molecule has 0 aliphatic rings. The number of rotatable bonds is 4. The van der Waals surface area contributed by atoms with Gasteiger partial charge in [-0.3, -0.25) is 5.10 Å². The Kier molecular flexibility index (Phi) is 2.84. The Labute approximate surface area is 76.9 Å². The van der Waals surface area contributed by atoms with Gasteiger partial charge in [0.2, 0.25) is 10.0 Å². The monoisotopic (exact) mass is 201 g/mol. The van der Waals surface area contributed by atoms with Crippen LogP contribution >= 0.6 is 0 Å². The van der Waals surface area contributed by atoms with Gasteiger partial charge < -0.3 is 0 Å². The van der Waals surface area contributed by atoms with Crippen LogP contribution in [0.15, 0.2) is 29.4 Å². The minimum Gasteiger partial charge on any atom is -0.284 e. The topological polar surface area (TPSA) is 74.8 Å². The fourth-order valence-electron chi connectivity index (χ4n) is 0.688. The van der Waals surface area contributed by atoms with E-state index < -0.39 is 10.0 Å². The molecule has 0 aliphatic heterocycles. The van der Waals surface area contributed by atoms with Gasteiger partial charge in [0.05, 0.1) is 6.20 Å². The molecule has 1 aromatic rings. The molecule has 5 nitrogen and oxygen atoms in total. The van der Waals surface area contributed by atoms with E-state index in [1.807, 2.05) is 0 Å². The lowest BCUT2D eigenvalue weighted by molar-refractivity contribution is 0.585. The predicted octanol–water partition coefficient (Wildman–Crippen LogP) is 0.264. The van der Waals surface area contributed by atoms with E-state index in [4.69, 9.17) is 0 Å². The van der Waals surface area contributed by atoms with E-state index in [1.54, 1.807) is 6.92 Å². The molecule has 0 fully saturated rings. The summed E-state index contributed by atoms with van der Waals surface area (Å²) in [6, 6.07) is 0. The molecule has 0 spiro atoms. The van der Waals surface area contributed by atoms with Crippen LogP contribution in [-0.4, -0.2) is 25.2 Å². The summed E-state index contributed by atoms with van der Waals surface area (Å²) in [5.74, 6) is 0. The molecular weight excluding hydrogens is 190 g/mol. The van der Waals surface area contributed by atoms with Crippen molar-refractivity contribution in [1.29, 1.82) is 0 Å². The maximum absolute atomic E-state index is 11.4. The zero-order chi connectivity index (χ0) is 9.90. The van der Waals surface area contributed by atoms with Gasteiger partial charge in [-0.15, -0.1) is 0 Å². The summed E-state index contributed by atoms with van der Waals surface area (Å²) in [5.41, 5.74) is 0.757. The molecule has 0 bridgehead atoms. The molecule has 0 saturated heterocycles. The summed E-state index contributed by atoms with van der Waals surface area (Å²) in [4.78, 5) is 0.133. The van der Waals surface area contributed by atoms with Gasteiger partial charge in [0.25, 0.3) is 0 Å². The molecule has 1 heterocycles. The normalized spacial score (nSPS) is 11.5. The highest BCUT2D eigenvalue weighted by Gasteiger charge is 2.13. The second-order valence-electron chi connectivity index (χ2n) is 2.72. The van der Waals surface area contributed by atoms with Crippen LogP contribution in [0.25, 0.3) is 0 Å².